The SMILES string of the molecule is Cc1nc(C(F)F)c(CO)cc1O. The average molecular weight is 189 g/mol. The van der Waals surface area contributed by atoms with E-state index in [1.54, 1.807) is 0 Å². The average Bonchev–Trinajstić information content (AvgIpc) is 2.08. The van der Waals surface area contributed by atoms with E-state index in [-0.39, 0.29) is 17.0 Å². The van der Waals surface area contributed by atoms with Crippen LogP contribution in [0, 0.1) is 6.92 Å². The van der Waals surface area contributed by atoms with Crippen LogP contribution in [0.3, 0.4) is 0 Å². The van der Waals surface area contributed by atoms with Crippen LogP contribution < -0.4 is 0 Å². The molecule has 0 atom stereocenters. The zero-order valence-corrected chi connectivity index (χ0v) is 6.96. The quantitative estimate of drug-likeness (QED) is 0.741. The highest BCUT2D eigenvalue weighted by Gasteiger charge is 2.16. The Morgan fingerprint density at radius 3 is 2.62 bits per heavy atom. The Balaban J connectivity index is 3.25. The molecule has 72 valence electrons. The Morgan fingerprint density at radius 2 is 2.15 bits per heavy atom. The smallest absolute Gasteiger partial charge is 0.280 e. The highest BCUT2D eigenvalue weighted by atomic mass is 19.3. The van der Waals surface area contributed by atoms with Gasteiger partial charge >= 0.3 is 0 Å². The van der Waals surface area contributed by atoms with E-state index in [0.29, 0.717) is 0 Å². The van der Waals surface area contributed by atoms with Crippen LogP contribution in [0.25, 0.3) is 0 Å². The fourth-order valence-electron chi connectivity index (χ4n) is 0.969. The summed E-state index contributed by atoms with van der Waals surface area (Å²) in [6.07, 6.45) is -2.73. The molecule has 1 aromatic heterocycles. The van der Waals surface area contributed by atoms with Crippen molar-refractivity contribution in [3.8, 4) is 5.75 Å². The maximum atomic E-state index is 12.3. The monoisotopic (exact) mass is 189 g/mol. The predicted molar refractivity (Wildman–Crippen MR) is 41.5 cm³/mol. The van der Waals surface area contributed by atoms with E-state index >= 15 is 0 Å². The zero-order valence-electron chi connectivity index (χ0n) is 6.96. The minimum atomic E-state index is -2.73. The first-order valence-electron chi connectivity index (χ1n) is 3.64. The van der Waals surface area contributed by atoms with E-state index in [9.17, 15) is 8.78 Å². The summed E-state index contributed by atoms with van der Waals surface area (Å²) < 4.78 is 24.5. The van der Waals surface area contributed by atoms with Crippen LogP contribution >= 0.6 is 0 Å². The Bertz CT molecular complexity index is 315. The molecule has 3 nitrogen and oxygen atoms in total. The molecule has 0 saturated carbocycles. The number of aryl methyl sites for hydroxylation is 1. The standard InChI is InChI=1S/C8H9F2NO2/c1-4-6(13)2-5(3-12)7(11-4)8(9)10/h2,8,12-13H,3H2,1H3. The first-order chi connectivity index (χ1) is 6.06. The molecule has 5 heteroatoms. The summed E-state index contributed by atoms with van der Waals surface area (Å²) in [6.45, 7) is 0.864. The lowest BCUT2D eigenvalue weighted by molar-refractivity contribution is 0.141. The molecule has 0 bridgehead atoms. The highest BCUT2D eigenvalue weighted by molar-refractivity contribution is 5.34. The molecule has 0 aliphatic heterocycles. The normalized spacial score (nSPS) is 10.8. The Hall–Kier alpha value is -1.23. The molecule has 1 rings (SSSR count). The van der Waals surface area contributed by atoms with Crippen molar-refractivity contribution in [1.29, 1.82) is 0 Å². The number of aliphatic hydroxyl groups excluding tert-OH is 1. The van der Waals surface area contributed by atoms with Crippen molar-refractivity contribution < 1.29 is 19.0 Å². The minimum Gasteiger partial charge on any atom is -0.506 e. The minimum absolute atomic E-state index is 0.0434. The van der Waals surface area contributed by atoms with E-state index in [0.717, 1.165) is 6.07 Å². The van der Waals surface area contributed by atoms with Gasteiger partial charge in [0.2, 0.25) is 0 Å². The van der Waals surface area contributed by atoms with Crippen molar-refractivity contribution in [1.82, 2.24) is 4.98 Å². The lowest BCUT2D eigenvalue weighted by atomic mass is 10.2. The molecule has 1 heterocycles. The lowest BCUT2D eigenvalue weighted by Crippen LogP contribution is -2.00. The number of alkyl halides is 2. The number of rotatable bonds is 2. The summed E-state index contributed by atoms with van der Waals surface area (Å²) in [5.74, 6) is -0.187. The second kappa shape index (κ2) is 3.66. The van der Waals surface area contributed by atoms with E-state index in [1.165, 1.54) is 6.92 Å². The molecule has 0 saturated heterocycles. The molecule has 0 fully saturated rings. The topological polar surface area (TPSA) is 53.4 Å². The van der Waals surface area contributed by atoms with Crippen molar-refractivity contribution in [2.24, 2.45) is 0 Å². The molecular formula is C8H9F2NO2. The van der Waals surface area contributed by atoms with Crippen LogP contribution in [0.15, 0.2) is 6.07 Å². The van der Waals surface area contributed by atoms with Crippen LogP contribution in [0.5, 0.6) is 5.75 Å². The lowest BCUT2D eigenvalue weighted by Gasteiger charge is -2.07. The molecule has 0 aliphatic rings. The fraction of sp³-hybridized carbons (Fsp3) is 0.375. The second-order valence-electron chi connectivity index (χ2n) is 2.60. The largest absolute Gasteiger partial charge is 0.506 e. The van der Waals surface area contributed by atoms with Crippen LogP contribution in [0.1, 0.15) is 23.4 Å². The zero-order chi connectivity index (χ0) is 10.0. The van der Waals surface area contributed by atoms with Crippen molar-refractivity contribution in [3.05, 3.63) is 23.0 Å². The number of nitrogens with zero attached hydrogens (tertiary/aromatic N) is 1. The number of pyridine rings is 1. The van der Waals surface area contributed by atoms with Crippen molar-refractivity contribution in [2.45, 2.75) is 20.0 Å². The Labute approximate surface area is 73.7 Å². The van der Waals surface area contributed by atoms with E-state index in [2.05, 4.69) is 4.98 Å². The summed E-state index contributed by atoms with van der Waals surface area (Å²) in [7, 11) is 0. The third kappa shape index (κ3) is 1.92. The van der Waals surface area contributed by atoms with Crippen LogP contribution in [-0.2, 0) is 6.61 Å². The maximum absolute atomic E-state index is 12.3. The molecule has 0 radical (unpaired) electrons. The number of halogens is 2. The second-order valence-corrected chi connectivity index (χ2v) is 2.60. The summed E-state index contributed by atoms with van der Waals surface area (Å²) >= 11 is 0. The fourth-order valence-corrected chi connectivity index (χ4v) is 0.969. The molecule has 2 N–H and O–H groups in total. The third-order valence-electron chi connectivity index (χ3n) is 1.68. The van der Waals surface area contributed by atoms with Gasteiger partial charge in [-0.15, -0.1) is 0 Å². The molecule has 0 unspecified atom stereocenters. The van der Waals surface area contributed by atoms with Gasteiger partial charge in [0.1, 0.15) is 11.4 Å². The van der Waals surface area contributed by atoms with Crippen molar-refractivity contribution >= 4 is 0 Å². The van der Waals surface area contributed by atoms with Gasteiger partial charge in [-0.25, -0.2) is 13.8 Å². The van der Waals surface area contributed by atoms with Crippen molar-refractivity contribution in [3.63, 3.8) is 0 Å². The Kier molecular flexibility index (Phi) is 2.77. The van der Waals surface area contributed by atoms with E-state index in [4.69, 9.17) is 10.2 Å². The number of aromatic nitrogens is 1. The Morgan fingerprint density at radius 1 is 1.54 bits per heavy atom. The van der Waals surface area contributed by atoms with Gasteiger partial charge < -0.3 is 10.2 Å². The molecule has 0 amide bonds. The van der Waals surface area contributed by atoms with Crippen LogP contribution in [0.4, 0.5) is 8.78 Å². The first-order valence-corrected chi connectivity index (χ1v) is 3.64. The summed E-state index contributed by atoms with van der Waals surface area (Å²) in [5.41, 5.74) is -0.386. The van der Waals surface area contributed by atoms with Gasteiger partial charge in [-0.2, -0.15) is 0 Å². The molecular weight excluding hydrogens is 180 g/mol. The van der Waals surface area contributed by atoms with Gasteiger partial charge in [0.25, 0.3) is 6.43 Å². The van der Waals surface area contributed by atoms with Gasteiger partial charge in [0.05, 0.1) is 12.3 Å². The summed E-state index contributed by atoms with van der Waals surface area (Å²) in [6, 6.07) is 1.10. The number of hydrogen-bond donors (Lipinski definition) is 2. The van der Waals surface area contributed by atoms with Gasteiger partial charge in [0, 0.05) is 5.56 Å². The number of hydrogen-bond acceptors (Lipinski definition) is 3. The molecule has 1 aromatic rings. The highest BCUT2D eigenvalue weighted by Crippen LogP contribution is 2.25. The molecule has 0 aromatic carbocycles. The predicted octanol–water partition coefficient (Wildman–Crippen LogP) is 1.53. The summed E-state index contributed by atoms with van der Waals surface area (Å²) in [4.78, 5) is 3.48. The molecule has 0 spiro atoms. The summed E-state index contributed by atoms with van der Waals surface area (Å²) in [5, 5.41) is 17.8. The molecule has 0 aliphatic carbocycles. The number of aliphatic hydroxyl groups is 1. The van der Waals surface area contributed by atoms with Gasteiger partial charge in [-0.05, 0) is 13.0 Å². The van der Waals surface area contributed by atoms with Crippen LogP contribution in [-0.4, -0.2) is 15.2 Å². The van der Waals surface area contributed by atoms with Gasteiger partial charge in [-0.3, -0.25) is 0 Å². The van der Waals surface area contributed by atoms with Gasteiger partial charge in [-0.1, -0.05) is 0 Å². The maximum Gasteiger partial charge on any atom is 0.280 e. The number of aromatic hydroxyl groups is 1. The van der Waals surface area contributed by atoms with E-state index in [1.807, 2.05) is 0 Å². The molecule has 13 heavy (non-hydrogen) atoms. The van der Waals surface area contributed by atoms with Crippen LogP contribution in [0.2, 0.25) is 0 Å². The van der Waals surface area contributed by atoms with Crippen molar-refractivity contribution in [2.75, 3.05) is 0 Å². The van der Waals surface area contributed by atoms with E-state index < -0.39 is 18.7 Å². The third-order valence-corrected chi connectivity index (χ3v) is 1.68. The first kappa shape index (κ1) is 9.85. The van der Waals surface area contributed by atoms with Gasteiger partial charge in [0.15, 0.2) is 0 Å².